The molecular formula is C10H10ClNS. The van der Waals surface area contributed by atoms with Crippen molar-refractivity contribution in [2.45, 2.75) is 12.3 Å². The van der Waals surface area contributed by atoms with Crippen molar-refractivity contribution in [1.29, 1.82) is 0 Å². The smallest absolute Gasteiger partial charge is 0.0765 e. The number of hydrogen-bond donors (Lipinski definition) is 1. The van der Waals surface area contributed by atoms with Crippen LogP contribution in [-0.2, 0) is 0 Å². The predicted octanol–water partition coefficient (Wildman–Crippen LogP) is 2.73. The summed E-state index contributed by atoms with van der Waals surface area (Å²) in [6.45, 7) is 0. The first kappa shape index (κ1) is 8.97. The van der Waals surface area contributed by atoms with Crippen LogP contribution in [0.3, 0.4) is 0 Å². The molecule has 0 aromatic heterocycles. The van der Waals surface area contributed by atoms with E-state index in [1.54, 1.807) is 0 Å². The van der Waals surface area contributed by atoms with Crippen molar-refractivity contribution >= 4 is 28.8 Å². The normalized spacial score (nSPS) is 25.6. The fourth-order valence-corrected chi connectivity index (χ4v) is 1.97. The Morgan fingerprint density at radius 1 is 1.38 bits per heavy atom. The molecule has 1 aromatic carbocycles. The molecule has 0 heterocycles. The highest BCUT2D eigenvalue weighted by Gasteiger charge is 2.40. The molecule has 2 rings (SSSR count). The summed E-state index contributed by atoms with van der Waals surface area (Å²) in [5, 5.41) is 0.774. The highest BCUT2D eigenvalue weighted by atomic mass is 35.5. The first-order chi connectivity index (χ1) is 6.18. The van der Waals surface area contributed by atoms with Crippen molar-refractivity contribution in [3.63, 3.8) is 0 Å². The lowest BCUT2D eigenvalue weighted by Crippen LogP contribution is -2.10. The molecule has 1 aromatic rings. The van der Waals surface area contributed by atoms with Crippen LogP contribution in [-0.4, -0.2) is 4.99 Å². The molecule has 2 unspecified atom stereocenters. The zero-order valence-corrected chi connectivity index (χ0v) is 8.61. The van der Waals surface area contributed by atoms with Crippen LogP contribution < -0.4 is 5.73 Å². The molecule has 3 heteroatoms. The maximum Gasteiger partial charge on any atom is 0.0765 e. The molecule has 1 fully saturated rings. The Morgan fingerprint density at radius 3 is 2.46 bits per heavy atom. The van der Waals surface area contributed by atoms with Gasteiger partial charge in [-0.2, -0.15) is 0 Å². The minimum absolute atomic E-state index is 0.413. The lowest BCUT2D eigenvalue weighted by atomic mass is 10.1. The van der Waals surface area contributed by atoms with Crippen LogP contribution in [0.15, 0.2) is 24.3 Å². The zero-order valence-electron chi connectivity index (χ0n) is 7.03. The summed E-state index contributed by atoms with van der Waals surface area (Å²) in [6.07, 6.45) is 1.09. The van der Waals surface area contributed by atoms with Gasteiger partial charge in [0.15, 0.2) is 0 Å². The van der Waals surface area contributed by atoms with Crippen LogP contribution in [0.25, 0.3) is 0 Å². The first-order valence-electron chi connectivity index (χ1n) is 4.23. The lowest BCUT2D eigenvalue weighted by molar-refractivity contribution is 1.06. The Kier molecular flexibility index (Phi) is 2.26. The topological polar surface area (TPSA) is 26.0 Å². The highest BCUT2D eigenvalue weighted by Crippen LogP contribution is 2.47. The second-order valence-electron chi connectivity index (χ2n) is 3.40. The number of rotatable bonds is 2. The van der Waals surface area contributed by atoms with E-state index < -0.39 is 0 Å². The average Bonchev–Trinajstić information content (AvgIpc) is 2.85. The number of halogens is 1. The van der Waals surface area contributed by atoms with Crippen LogP contribution in [0.5, 0.6) is 0 Å². The van der Waals surface area contributed by atoms with Gasteiger partial charge in [-0.05, 0) is 30.0 Å². The largest absolute Gasteiger partial charge is 0.393 e. The molecule has 0 bridgehead atoms. The van der Waals surface area contributed by atoms with Crippen LogP contribution >= 0.6 is 23.8 Å². The van der Waals surface area contributed by atoms with Gasteiger partial charge >= 0.3 is 0 Å². The number of hydrogen-bond acceptors (Lipinski definition) is 1. The van der Waals surface area contributed by atoms with Crippen molar-refractivity contribution in [1.82, 2.24) is 0 Å². The molecule has 68 valence electrons. The predicted molar refractivity (Wildman–Crippen MR) is 59.1 cm³/mol. The molecule has 0 spiro atoms. The van der Waals surface area contributed by atoms with Gasteiger partial charge in [-0.15, -0.1) is 0 Å². The second kappa shape index (κ2) is 3.28. The molecule has 1 nitrogen and oxygen atoms in total. The molecule has 0 amide bonds. The molecule has 13 heavy (non-hydrogen) atoms. The van der Waals surface area contributed by atoms with Crippen molar-refractivity contribution in [3.05, 3.63) is 34.9 Å². The third-order valence-corrected chi connectivity index (χ3v) is 3.01. The summed E-state index contributed by atoms with van der Waals surface area (Å²) in [5.41, 5.74) is 6.85. The van der Waals surface area contributed by atoms with Gasteiger partial charge in [0.2, 0.25) is 0 Å². The Balaban J connectivity index is 2.12. The molecular weight excluding hydrogens is 202 g/mol. The second-order valence-corrected chi connectivity index (χ2v) is 4.31. The molecule has 2 N–H and O–H groups in total. The third-order valence-electron chi connectivity index (χ3n) is 2.45. The van der Waals surface area contributed by atoms with Crippen LogP contribution in [0.4, 0.5) is 0 Å². The maximum atomic E-state index is 5.79. The van der Waals surface area contributed by atoms with Crippen LogP contribution in [0.1, 0.15) is 17.9 Å². The Labute approximate surface area is 87.9 Å². The molecule has 1 aliphatic rings. The minimum atomic E-state index is 0.413. The summed E-state index contributed by atoms with van der Waals surface area (Å²) in [6, 6.07) is 7.91. The van der Waals surface area contributed by atoms with Crippen molar-refractivity contribution in [3.8, 4) is 0 Å². The summed E-state index contributed by atoms with van der Waals surface area (Å²) >= 11 is 10.7. The molecule has 1 aliphatic carbocycles. The van der Waals surface area contributed by atoms with Gasteiger partial charge in [0.25, 0.3) is 0 Å². The van der Waals surface area contributed by atoms with Gasteiger partial charge < -0.3 is 5.73 Å². The SMILES string of the molecule is NC(=S)C1CC1c1ccc(Cl)cc1. The van der Waals surface area contributed by atoms with E-state index in [1.165, 1.54) is 5.56 Å². The summed E-state index contributed by atoms with van der Waals surface area (Å²) in [4.78, 5) is 0.639. The number of nitrogens with two attached hydrogens (primary N) is 1. The van der Waals surface area contributed by atoms with Crippen LogP contribution in [0, 0.1) is 5.92 Å². The first-order valence-corrected chi connectivity index (χ1v) is 5.02. The van der Waals surface area contributed by atoms with Gasteiger partial charge in [0.05, 0.1) is 4.99 Å². The quantitative estimate of drug-likeness (QED) is 0.762. The van der Waals surface area contributed by atoms with Gasteiger partial charge in [0, 0.05) is 10.9 Å². The van der Waals surface area contributed by atoms with Crippen molar-refractivity contribution < 1.29 is 0 Å². The van der Waals surface area contributed by atoms with E-state index >= 15 is 0 Å². The van der Waals surface area contributed by atoms with Gasteiger partial charge in [-0.3, -0.25) is 0 Å². The van der Waals surface area contributed by atoms with E-state index in [-0.39, 0.29) is 0 Å². The third kappa shape index (κ3) is 1.84. The van der Waals surface area contributed by atoms with E-state index in [4.69, 9.17) is 29.6 Å². The van der Waals surface area contributed by atoms with E-state index in [0.717, 1.165) is 11.4 Å². The fourth-order valence-electron chi connectivity index (χ4n) is 1.59. The van der Waals surface area contributed by atoms with Gasteiger partial charge in [-0.25, -0.2) is 0 Å². The number of thiocarbonyl (C=S) groups is 1. The maximum absolute atomic E-state index is 5.79. The highest BCUT2D eigenvalue weighted by molar-refractivity contribution is 7.80. The average molecular weight is 212 g/mol. The Morgan fingerprint density at radius 2 is 2.00 bits per heavy atom. The van der Waals surface area contributed by atoms with Gasteiger partial charge in [0.1, 0.15) is 0 Å². The van der Waals surface area contributed by atoms with Gasteiger partial charge in [-0.1, -0.05) is 36.0 Å². The standard InChI is InChI=1S/C10H10ClNS/c11-7-3-1-6(2-4-7)8-5-9(8)10(12)13/h1-4,8-9H,5H2,(H2,12,13). The summed E-state index contributed by atoms with van der Waals surface area (Å²) in [7, 11) is 0. The van der Waals surface area contributed by atoms with E-state index in [1.807, 2.05) is 24.3 Å². The molecule has 1 saturated carbocycles. The van der Waals surface area contributed by atoms with E-state index in [0.29, 0.717) is 16.8 Å². The van der Waals surface area contributed by atoms with E-state index in [9.17, 15) is 0 Å². The van der Waals surface area contributed by atoms with Crippen LogP contribution in [0.2, 0.25) is 5.02 Å². The van der Waals surface area contributed by atoms with Crippen molar-refractivity contribution in [2.75, 3.05) is 0 Å². The molecule has 0 aliphatic heterocycles. The zero-order chi connectivity index (χ0) is 9.42. The van der Waals surface area contributed by atoms with Crippen molar-refractivity contribution in [2.24, 2.45) is 11.7 Å². The summed E-state index contributed by atoms with van der Waals surface area (Å²) < 4.78 is 0. The number of benzene rings is 1. The fraction of sp³-hybridized carbons (Fsp3) is 0.300. The Hall–Kier alpha value is -0.600. The molecule has 0 saturated heterocycles. The lowest BCUT2D eigenvalue weighted by Gasteiger charge is -1.98. The minimum Gasteiger partial charge on any atom is -0.393 e. The molecule has 0 radical (unpaired) electrons. The monoisotopic (exact) mass is 211 g/mol. The Bertz CT molecular complexity index is 333. The van der Waals surface area contributed by atoms with E-state index in [2.05, 4.69) is 0 Å². The summed E-state index contributed by atoms with van der Waals surface area (Å²) in [5.74, 6) is 0.950. The molecule has 2 atom stereocenters.